The molecule has 0 radical (unpaired) electrons. The molecule has 0 saturated carbocycles. The van der Waals surface area contributed by atoms with Crippen molar-refractivity contribution in [3.05, 3.63) is 82.0 Å². The topological polar surface area (TPSA) is 51.3 Å². The van der Waals surface area contributed by atoms with Crippen LogP contribution < -0.4 is 10.9 Å². The van der Waals surface area contributed by atoms with Crippen molar-refractivity contribution < 1.29 is 0 Å². The van der Waals surface area contributed by atoms with Crippen molar-refractivity contribution in [2.75, 3.05) is 0 Å². The molecule has 4 aromatic rings. The van der Waals surface area contributed by atoms with Gasteiger partial charge in [0.25, 0.3) is 5.56 Å². The van der Waals surface area contributed by atoms with Gasteiger partial charge in [0, 0.05) is 44.1 Å². The van der Waals surface area contributed by atoms with E-state index < -0.39 is 0 Å². The molecule has 0 aliphatic carbocycles. The van der Waals surface area contributed by atoms with Crippen LogP contribution in [0, 0.1) is 6.92 Å². The largest absolute Gasteiger partial charge is 0.351 e. The Balaban J connectivity index is 1.52. The summed E-state index contributed by atoms with van der Waals surface area (Å²) in [7, 11) is 2.05. The summed E-state index contributed by atoms with van der Waals surface area (Å²) in [5, 5.41) is 4.63. The van der Waals surface area contributed by atoms with Gasteiger partial charge >= 0.3 is 0 Å². The third-order valence-corrected chi connectivity index (χ3v) is 4.53. The first-order valence-electron chi connectivity index (χ1n) is 8.34. The van der Waals surface area contributed by atoms with E-state index in [1.165, 1.54) is 16.5 Å². The number of nitrogens with zero attached hydrogens (tertiary/aromatic N) is 3. The second-order valence-corrected chi connectivity index (χ2v) is 6.39. The van der Waals surface area contributed by atoms with Crippen LogP contribution in [0.4, 0.5) is 0 Å². The van der Waals surface area contributed by atoms with Crippen LogP contribution >= 0.6 is 0 Å². The highest BCUT2D eigenvalue weighted by atomic mass is 16.1. The number of hydrogen-bond donors (Lipinski definition) is 1. The molecule has 0 spiro atoms. The molecule has 0 fully saturated rings. The van der Waals surface area contributed by atoms with Gasteiger partial charge in [-0.05, 0) is 41.6 Å². The normalized spacial score (nSPS) is 11.4. The molecule has 3 heterocycles. The Bertz CT molecular complexity index is 1120. The lowest BCUT2D eigenvalue weighted by atomic mass is 10.1. The van der Waals surface area contributed by atoms with E-state index in [0.29, 0.717) is 6.54 Å². The van der Waals surface area contributed by atoms with Crippen LogP contribution in [-0.4, -0.2) is 14.0 Å². The lowest BCUT2D eigenvalue weighted by Gasteiger charge is -2.08. The van der Waals surface area contributed by atoms with E-state index in [2.05, 4.69) is 45.3 Å². The van der Waals surface area contributed by atoms with Crippen LogP contribution in [0.25, 0.3) is 16.6 Å². The van der Waals surface area contributed by atoms with E-state index in [0.717, 1.165) is 23.4 Å². The van der Waals surface area contributed by atoms with E-state index in [9.17, 15) is 4.79 Å². The monoisotopic (exact) mass is 332 g/mol. The average molecular weight is 332 g/mol. The molecular weight excluding hydrogens is 312 g/mol. The number of rotatable bonds is 4. The van der Waals surface area contributed by atoms with Crippen molar-refractivity contribution >= 4 is 16.6 Å². The summed E-state index contributed by atoms with van der Waals surface area (Å²) >= 11 is 0. The number of aromatic nitrogens is 3. The van der Waals surface area contributed by atoms with Gasteiger partial charge in [-0.2, -0.15) is 0 Å². The summed E-state index contributed by atoms with van der Waals surface area (Å²) in [6.07, 6.45) is 3.82. The van der Waals surface area contributed by atoms with Gasteiger partial charge < -0.3 is 9.88 Å². The number of hydrogen-bond acceptors (Lipinski definition) is 3. The van der Waals surface area contributed by atoms with Crippen molar-refractivity contribution in [3.8, 4) is 0 Å². The molecule has 0 aliphatic heterocycles. The molecule has 0 atom stereocenters. The minimum atomic E-state index is -0.0456. The molecule has 25 heavy (non-hydrogen) atoms. The van der Waals surface area contributed by atoms with Crippen LogP contribution in [0.5, 0.6) is 0 Å². The molecule has 0 saturated heterocycles. The summed E-state index contributed by atoms with van der Waals surface area (Å²) in [4.78, 5) is 16.9. The van der Waals surface area contributed by atoms with E-state index in [-0.39, 0.29) is 5.56 Å². The van der Waals surface area contributed by atoms with Gasteiger partial charge in [0.05, 0.1) is 5.69 Å². The lowest BCUT2D eigenvalue weighted by molar-refractivity contribution is 0.678. The zero-order valence-electron chi connectivity index (χ0n) is 14.4. The maximum Gasteiger partial charge on any atom is 0.258 e. The fourth-order valence-electron chi connectivity index (χ4n) is 3.15. The second-order valence-electron chi connectivity index (χ2n) is 6.39. The zero-order valence-corrected chi connectivity index (χ0v) is 14.4. The first kappa shape index (κ1) is 15.6. The van der Waals surface area contributed by atoms with Crippen LogP contribution in [0.1, 0.15) is 16.8 Å². The van der Waals surface area contributed by atoms with Crippen LogP contribution in [-0.2, 0) is 20.1 Å². The highest BCUT2D eigenvalue weighted by molar-refractivity contribution is 5.80. The zero-order chi connectivity index (χ0) is 17.4. The smallest absolute Gasteiger partial charge is 0.258 e. The Labute approximate surface area is 145 Å². The van der Waals surface area contributed by atoms with Crippen molar-refractivity contribution in [2.45, 2.75) is 20.0 Å². The first-order valence-corrected chi connectivity index (χ1v) is 8.34. The van der Waals surface area contributed by atoms with Crippen LogP contribution in [0.3, 0.4) is 0 Å². The Morgan fingerprint density at radius 3 is 2.84 bits per heavy atom. The molecule has 5 nitrogen and oxygen atoms in total. The number of benzene rings is 1. The van der Waals surface area contributed by atoms with E-state index in [1.807, 2.05) is 26.1 Å². The molecule has 0 bridgehead atoms. The van der Waals surface area contributed by atoms with Crippen molar-refractivity contribution in [1.29, 1.82) is 0 Å². The third kappa shape index (κ3) is 2.94. The summed E-state index contributed by atoms with van der Waals surface area (Å²) in [5.41, 5.74) is 4.86. The Kier molecular flexibility index (Phi) is 3.86. The lowest BCUT2D eigenvalue weighted by Crippen LogP contribution is -2.20. The fourth-order valence-corrected chi connectivity index (χ4v) is 3.15. The van der Waals surface area contributed by atoms with Crippen LogP contribution in [0.2, 0.25) is 0 Å². The van der Waals surface area contributed by atoms with E-state index in [4.69, 9.17) is 0 Å². The quantitative estimate of drug-likeness (QED) is 0.625. The maximum atomic E-state index is 12.2. The number of fused-ring (bicyclic) bond motifs is 2. The van der Waals surface area contributed by atoms with Gasteiger partial charge in [0.2, 0.25) is 0 Å². The summed E-state index contributed by atoms with van der Waals surface area (Å²) < 4.78 is 3.70. The van der Waals surface area contributed by atoms with Gasteiger partial charge in [0.15, 0.2) is 0 Å². The minimum Gasteiger partial charge on any atom is -0.351 e. The summed E-state index contributed by atoms with van der Waals surface area (Å²) in [6.45, 7) is 3.26. The molecule has 126 valence electrons. The van der Waals surface area contributed by atoms with Crippen molar-refractivity contribution in [3.63, 3.8) is 0 Å². The van der Waals surface area contributed by atoms with Gasteiger partial charge in [-0.3, -0.25) is 9.20 Å². The molecule has 4 rings (SSSR count). The third-order valence-electron chi connectivity index (χ3n) is 4.53. The van der Waals surface area contributed by atoms with Crippen molar-refractivity contribution in [2.24, 2.45) is 7.05 Å². The van der Waals surface area contributed by atoms with E-state index >= 15 is 0 Å². The second kappa shape index (κ2) is 6.18. The van der Waals surface area contributed by atoms with Gasteiger partial charge in [-0.15, -0.1) is 0 Å². The molecule has 5 heteroatoms. The molecule has 0 unspecified atom stereocenters. The highest BCUT2D eigenvalue weighted by Crippen LogP contribution is 2.16. The fraction of sp³-hybridized carbons (Fsp3) is 0.200. The van der Waals surface area contributed by atoms with Crippen molar-refractivity contribution in [1.82, 2.24) is 19.3 Å². The van der Waals surface area contributed by atoms with Gasteiger partial charge in [-0.1, -0.05) is 18.2 Å². The van der Waals surface area contributed by atoms with Gasteiger partial charge in [-0.25, -0.2) is 4.98 Å². The number of aryl methyl sites for hydroxylation is 2. The highest BCUT2D eigenvalue weighted by Gasteiger charge is 2.05. The molecule has 1 aromatic carbocycles. The molecule has 3 aromatic heterocycles. The summed E-state index contributed by atoms with van der Waals surface area (Å²) in [5.74, 6) is 0. The summed E-state index contributed by atoms with van der Waals surface area (Å²) in [6, 6.07) is 14.0. The number of nitrogens with one attached hydrogen (secondary N) is 1. The number of pyridine rings is 1. The SMILES string of the molecule is Cc1cccn2c(=O)cc(CNCc3ccc4ccn(C)c4c3)nc12. The average Bonchev–Trinajstić information content (AvgIpc) is 2.97. The standard InChI is InChI=1S/C20H20N4O/c1-14-4-3-8-24-19(25)11-17(22-20(14)24)13-21-12-15-5-6-16-7-9-23(2)18(16)10-15/h3-11,21H,12-13H2,1-2H3. The Morgan fingerprint density at radius 2 is 1.96 bits per heavy atom. The van der Waals surface area contributed by atoms with Gasteiger partial charge in [0.1, 0.15) is 5.65 Å². The minimum absolute atomic E-state index is 0.0456. The Hall–Kier alpha value is -2.92. The predicted molar refractivity (Wildman–Crippen MR) is 99.7 cm³/mol. The maximum absolute atomic E-state index is 12.2. The van der Waals surface area contributed by atoms with E-state index in [1.54, 1.807) is 16.7 Å². The molecular formula is C20H20N4O. The first-order chi connectivity index (χ1) is 12.1. The molecule has 0 aliphatic rings. The molecule has 1 N–H and O–H groups in total. The Morgan fingerprint density at radius 1 is 1.08 bits per heavy atom. The van der Waals surface area contributed by atoms with Crippen LogP contribution in [0.15, 0.2) is 59.7 Å². The predicted octanol–water partition coefficient (Wildman–Crippen LogP) is 2.78. The molecule has 0 amide bonds.